The number of nitrogens with one attached hydrogen (secondary N) is 1. The summed E-state index contributed by atoms with van der Waals surface area (Å²) < 4.78 is 31.3. The summed E-state index contributed by atoms with van der Waals surface area (Å²) in [6, 6.07) is 4.19. The third-order valence-corrected chi connectivity index (χ3v) is 6.38. The van der Waals surface area contributed by atoms with Gasteiger partial charge in [0.1, 0.15) is 6.61 Å². The quantitative estimate of drug-likeness (QED) is 0.717. The first-order chi connectivity index (χ1) is 12.3. The molecule has 1 aliphatic rings. The van der Waals surface area contributed by atoms with Gasteiger partial charge in [-0.05, 0) is 18.2 Å². The Morgan fingerprint density at radius 3 is 2.62 bits per heavy atom. The Balaban J connectivity index is 2.09. The van der Waals surface area contributed by atoms with Gasteiger partial charge in [0.2, 0.25) is 15.9 Å². The number of benzene rings is 1. The largest absolute Gasteiger partial charge is 0.448 e. The second kappa shape index (κ2) is 8.70. The van der Waals surface area contributed by atoms with E-state index >= 15 is 0 Å². The fourth-order valence-electron chi connectivity index (χ4n) is 2.55. The molecule has 0 atom stereocenters. The molecular formula is C16H22ClN3O5S. The number of halogens is 1. The van der Waals surface area contributed by atoms with Gasteiger partial charge in [-0.2, -0.15) is 4.31 Å². The van der Waals surface area contributed by atoms with Gasteiger partial charge in [0.15, 0.2) is 0 Å². The average Bonchev–Trinajstić information content (AvgIpc) is 3.00. The summed E-state index contributed by atoms with van der Waals surface area (Å²) in [5.74, 6) is -0.371. The summed E-state index contributed by atoms with van der Waals surface area (Å²) in [5.41, 5.74) is 0.217. The van der Waals surface area contributed by atoms with E-state index in [1.807, 2.05) is 0 Å². The molecule has 1 aromatic rings. The number of nitrogens with zero attached hydrogens (tertiary/aromatic N) is 2. The average molecular weight is 404 g/mol. The number of amides is 2. The molecule has 2 rings (SSSR count). The molecular weight excluding hydrogens is 382 g/mol. The summed E-state index contributed by atoms with van der Waals surface area (Å²) in [7, 11) is -3.65. The van der Waals surface area contributed by atoms with Crippen molar-refractivity contribution in [1.29, 1.82) is 0 Å². The molecule has 0 spiro atoms. The van der Waals surface area contributed by atoms with Crippen LogP contribution in [0, 0.1) is 0 Å². The van der Waals surface area contributed by atoms with Crippen LogP contribution < -0.4 is 5.32 Å². The van der Waals surface area contributed by atoms with E-state index in [9.17, 15) is 18.0 Å². The molecule has 0 aliphatic carbocycles. The predicted octanol–water partition coefficient (Wildman–Crippen LogP) is 2.15. The van der Waals surface area contributed by atoms with Gasteiger partial charge in [0, 0.05) is 26.1 Å². The first-order valence-corrected chi connectivity index (χ1v) is 10.1. The van der Waals surface area contributed by atoms with Gasteiger partial charge < -0.3 is 15.0 Å². The number of hydrogen-bond donors (Lipinski definition) is 1. The molecule has 26 heavy (non-hydrogen) atoms. The van der Waals surface area contributed by atoms with E-state index in [0.717, 1.165) is 0 Å². The van der Waals surface area contributed by atoms with Gasteiger partial charge in [0.05, 0.1) is 22.2 Å². The van der Waals surface area contributed by atoms with E-state index in [-0.39, 0.29) is 34.5 Å². The summed E-state index contributed by atoms with van der Waals surface area (Å²) in [6.07, 6.45) is -0.388. The minimum atomic E-state index is -3.65. The van der Waals surface area contributed by atoms with Crippen molar-refractivity contribution in [2.45, 2.75) is 25.2 Å². The summed E-state index contributed by atoms with van der Waals surface area (Å²) >= 11 is 6.08. The van der Waals surface area contributed by atoms with Crippen molar-refractivity contribution in [2.24, 2.45) is 0 Å². The Kier molecular flexibility index (Phi) is 6.85. The maximum Gasteiger partial charge on any atom is 0.409 e. The molecule has 1 heterocycles. The number of hydrogen-bond acceptors (Lipinski definition) is 5. The third kappa shape index (κ3) is 4.66. The van der Waals surface area contributed by atoms with Crippen molar-refractivity contribution >= 4 is 39.3 Å². The van der Waals surface area contributed by atoms with Crippen LogP contribution in [0.1, 0.15) is 20.3 Å². The third-order valence-electron chi connectivity index (χ3n) is 4.01. The lowest BCUT2D eigenvalue weighted by atomic mass is 10.3. The van der Waals surface area contributed by atoms with Crippen LogP contribution in [0.2, 0.25) is 5.02 Å². The zero-order chi connectivity index (χ0) is 19.3. The molecule has 1 fully saturated rings. The first-order valence-electron chi connectivity index (χ1n) is 8.30. The minimum Gasteiger partial charge on any atom is -0.448 e. The van der Waals surface area contributed by atoms with Crippen LogP contribution in [0.5, 0.6) is 0 Å². The smallest absolute Gasteiger partial charge is 0.409 e. The molecule has 0 bridgehead atoms. The number of anilines is 1. The maximum absolute atomic E-state index is 12.6. The number of carbonyl (C=O) groups is 2. The molecule has 1 aliphatic heterocycles. The van der Waals surface area contributed by atoms with Crippen LogP contribution in [-0.2, 0) is 19.6 Å². The number of rotatable bonds is 8. The van der Waals surface area contributed by atoms with Gasteiger partial charge in [-0.25, -0.2) is 13.2 Å². The van der Waals surface area contributed by atoms with Crippen LogP contribution in [0.3, 0.4) is 0 Å². The highest BCUT2D eigenvalue weighted by Crippen LogP contribution is 2.27. The maximum atomic E-state index is 12.6. The highest BCUT2D eigenvalue weighted by Gasteiger charge is 2.24. The number of sulfonamides is 1. The normalized spacial score (nSPS) is 14.6. The highest BCUT2D eigenvalue weighted by atomic mass is 35.5. The number of carbonyl (C=O) groups excluding carboxylic acids is 2. The van der Waals surface area contributed by atoms with E-state index in [0.29, 0.717) is 26.2 Å². The number of cyclic esters (lactones) is 1. The Bertz CT molecular complexity index is 780. The Morgan fingerprint density at radius 2 is 2.04 bits per heavy atom. The van der Waals surface area contributed by atoms with E-state index in [4.69, 9.17) is 16.3 Å². The number of ether oxygens (including phenoxy) is 1. The van der Waals surface area contributed by atoms with Gasteiger partial charge in [-0.3, -0.25) is 4.79 Å². The highest BCUT2D eigenvalue weighted by molar-refractivity contribution is 7.89. The van der Waals surface area contributed by atoms with Crippen molar-refractivity contribution in [3.63, 3.8) is 0 Å². The van der Waals surface area contributed by atoms with E-state index in [1.54, 1.807) is 13.8 Å². The Labute approximate surface area is 158 Å². The predicted molar refractivity (Wildman–Crippen MR) is 97.7 cm³/mol. The molecule has 0 unspecified atom stereocenters. The lowest BCUT2D eigenvalue weighted by Crippen LogP contribution is -2.30. The SMILES string of the molecule is CCN(CC)S(=O)(=O)c1ccc(Cl)c(NC(=O)CCN2CCOC2=O)c1. The van der Waals surface area contributed by atoms with Crippen LogP contribution in [-0.4, -0.2) is 62.4 Å². The van der Waals surface area contributed by atoms with Gasteiger partial charge in [-0.15, -0.1) is 0 Å². The van der Waals surface area contributed by atoms with Crippen molar-refractivity contribution in [2.75, 3.05) is 38.1 Å². The Morgan fingerprint density at radius 1 is 1.35 bits per heavy atom. The van der Waals surface area contributed by atoms with Crippen LogP contribution >= 0.6 is 11.6 Å². The molecule has 8 nitrogen and oxygen atoms in total. The molecule has 0 aromatic heterocycles. The van der Waals surface area contributed by atoms with Crippen molar-refractivity contribution in [3.8, 4) is 0 Å². The summed E-state index contributed by atoms with van der Waals surface area (Å²) in [5, 5.41) is 2.84. The molecule has 1 aromatic carbocycles. The molecule has 0 saturated carbocycles. The zero-order valence-corrected chi connectivity index (χ0v) is 16.3. The second-order valence-corrected chi connectivity index (χ2v) is 7.98. The minimum absolute atomic E-state index is 0.0540. The standard InChI is InChI=1S/C16H22ClN3O5S/c1-3-20(4-2)26(23,24)12-5-6-13(17)14(11-12)18-15(21)7-8-19-9-10-25-16(19)22/h5-6,11H,3-4,7-10H2,1-2H3,(H,18,21). The molecule has 1 saturated heterocycles. The summed E-state index contributed by atoms with van der Waals surface area (Å²) in [4.78, 5) is 25.0. The van der Waals surface area contributed by atoms with E-state index in [2.05, 4.69) is 5.32 Å². The second-order valence-electron chi connectivity index (χ2n) is 5.63. The van der Waals surface area contributed by atoms with Crippen molar-refractivity contribution in [1.82, 2.24) is 9.21 Å². The van der Waals surface area contributed by atoms with E-state index in [1.165, 1.54) is 27.4 Å². The van der Waals surface area contributed by atoms with Gasteiger partial charge in [-0.1, -0.05) is 25.4 Å². The fourth-order valence-corrected chi connectivity index (χ4v) is 4.20. The first kappa shape index (κ1) is 20.5. The monoisotopic (exact) mass is 403 g/mol. The summed E-state index contributed by atoms with van der Waals surface area (Å²) in [6.45, 7) is 5.18. The molecule has 1 N–H and O–H groups in total. The molecule has 0 radical (unpaired) electrons. The van der Waals surface area contributed by atoms with Crippen LogP contribution in [0.25, 0.3) is 0 Å². The van der Waals surface area contributed by atoms with Gasteiger partial charge >= 0.3 is 6.09 Å². The molecule has 144 valence electrons. The molecule has 10 heteroatoms. The lowest BCUT2D eigenvalue weighted by Gasteiger charge is -2.19. The van der Waals surface area contributed by atoms with Gasteiger partial charge in [0.25, 0.3) is 0 Å². The lowest BCUT2D eigenvalue weighted by molar-refractivity contribution is -0.116. The van der Waals surface area contributed by atoms with Crippen LogP contribution in [0.4, 0.5) is 10.5 Å². The van der Waals surface area contributed by atoms with Crippen LogP contribution in [0.15, 0.2) is 23.1 Å². The van der Waals surface area contributed by atoms with Crippen molar-refractivity contribution in [3.05, 3.63) is 23.2 Å². The van der Waals surface area contributed by atoms with E-state index < -0.39 is 16.1 Å². The zero-order valence-electron chi connectivity index (χ0n) is 14.7. The topological polar surface area (TPSA) is 96.0 Å². The van der Waals surface area contributed by atoms with Crippen molar-refractivity contribution < 1.29 is 22.7 Å². The Hall–Kier alpha value is -1.84. The fraction of sp³-hybridized carbons (Fsp3) is 0.500. The molecule has 2 amide bonds.